The molecule has 2 N–H and O–H groups in total. The lowest BCUT2D eigenvalue weighted by molar-refractivity contribution is 0.0943. The first-order valence-corrected chi connectivity index (χ1v) is 7.79. The van der Waals surface area contributed by atoms with Gasteiger partial charge in [-0.05, 0) is 39.0 Å². The van der Waals surface area contributed by atoms with Gasteiger partial charge < -0.3 is 15.4 Å². The lowest BCUT2D eigenvalue weighted by Crippen LogP contribution is -2.30. The van der Waals surface area contributed by atoms with Crippen molar-refractivity contribution in [3.63, 3.8) is 0 Å². The summed E-state index contributed by atoms with van der Waals surface area (Å²) < 4.78 is 6.68. The topological polar surface area (TPSA) is 85.2 Å². The molecule has 1 heterocycles. The predicted octanol–water partition coefficient (Wildman–Crippen LogP) is 2.06. The molecule has 1 aromatic heterocycles. The first kappa shape index (κ1) is 17.5. The zero-order valence-corrected chi connectivity index (χ0v) is 14.3. The molecule has 0 bridgehead atoms. The van der Waals surface area contributed by atoms with Crippen molar-refractivity contribution in [1.82, 2.24) is 15.1 Å². The lowest BCUT2D eigenvalue weighted by Gasteiger charge is -2.13. The number of amides is 1. The second-order valence-electron chi connectivity index (χ2n) is 5.58. The van der Waals surface area contributed by atoms with E-state index in [4.69, 9.17) is 4.74 Å². The Balaban J connectivity index is 2.34. The van der Waals surface area contributed by atoms with E-state index >= 15 is 0 Å². The largest absolute Gasteiger partial charge is 0.490 e. The van der Waals surface area contributed by atoms with E-state index in [-0.39, 0.29) is 23.2 Å². The molecular weight excluding hydrogens is 308 g/mol. The van der Waals surface area contributed by atoms with Gasteiger partial charge in [0.15, 0.2) is 11.4 Å². The highest BCUT2D eigenvalue weighted by Gasteiger charge is 2.13. The van der Waals surface area contributed by atoms with Crippen LogP contribution in [0.1, 0.15) is 31.1 Å². The summed E-state index contributed by atoms with van der Waals surface area (Å²) in [6.07, 6.45) is 1.49. The first-order valence-electron chi connectivity index (χ1n) is 7.79. The minimum atomic E-state index is -0.307. The van der Waals surface area contributed by atoms with Gasteiger partial charge in [0, 0.05) is 24.3 Å². The summed E-state index contributed by atoms with van der Waals surface area (Å²) in [5, 5.41) is 9.82. The normalized spacial score (nSPS) is 10.5. The molecule has 0 radical (unpaired) electrons. The first-order chi connectivity index (χ1) is 11.4. The van der Waals surface area contributed by atoms with Crippen LogP contribution in [-0.4, -0.2) is 28.3 Å². The lowest BCUT2D eigenvalue weighted by atomic mass is 10.1. The van der Waals surface area contributed by atoms with E-state index in [1.807, 2.05) is 20.8 Å². The molecule has 24 heavy (non-hydrogen) atoms. The molecule has 7 nitrogen and oxygen atoms in total. The number of carbonyl (C=O) groups excluding carboxylic acids is 1. The molecule has 128 valence electrons. The van der Waals surface area contributed by atoms with Gasteiger partial charge in [0.25, 0.3) is 11.5 Å². The Kier molecular flexibility index (Phi) is 5.57. The average Bonchev–Trinajstić information content (AvgIpc) is 2.54. The standard InChI is InChI=1S/C17H22N4O3/c1-5-24-14-10-18-21(4)17(23)15(14)20-13-8-6-7-12(9-13)16(22)19-11(2)3/h6-11,20H,5H2,1-4H3,(H,19,22). The molecule has 0 saturated carbocycles. The Morgan fingerprint density at radius 1 is 1.38 bits per heavy atom. The van der Waals surface area contributed by atoms with Gasteiger partial charge in [0.05, 0.1) is 12.8 Å². The van der Waals surface area contributed by atoms with Crippen LogP contribution in [0.2, 0.25) is 0 Å². The van der Waals surface area contributed by atoms with Crippen molar-refractivity contribution in [1.29, 1.82) is 0 Å². The van der Waals surface area contributed by atoms with E-state index < -0.39 is 0 Å². The molecule has 0 aliphatic rings. The summed E-state index contributed by atoms with van der Waals surface area (Å²) in [7, 11) is 1.57. The molecule has 0 unspecified atom stereocenters. The molecule has 0 saturated heterocycles. The number of benzene rings is 1. The van der Waals surface area contributed by atoms with Crippen LogP contribution in [0, 0.1) is 0 Å². The van der Waals surface area contributed by atoms with Gasteiger partial charge in [-0.25, -0.2) is 4.68 Å². The van der Waals surface area contributed by atoms with Crippen LogP contribution in [0.25, 0.3) is 0 Å². The van der Waals surface area contributed by atoms with Crippen molar-refractivity contribution in [2.24, 2.45) is 7.05 Å². The molecule has 0 atom stereocenters. The van der Waals surface area contributed by atoms with Gasteiger partial charge in [-0.3, -0.25) is 9.59 Å². The molecule has 2 aromatic rings. The molecular formula is C17H22N4O3. The number of ether oxygens (including phenoxy) is 1. The summed E-state index contributed by atoms with van der Waals surface area (Å²) in [4.78, 5) is 24.4. The fraction of sp³-hybridized carbons (Fsp3) is 0.353. The van der Waals surface area contributed by atoms with E-state index in [0.29, 0.717) is 23.6 Å². The highest BCUT2D eigenvalue weighted by atomic mass is 16.5. The van der Waals surface area contributed by atoms with Gasteiger partial charge in [-0.15, -0.1) is 0 Å². The SMILES string of the molecule is CCOc1cnn(C)c(=O)c1Nc1cccc(C(=O)NC(C)C)c1. The molecule has 0 fully saturated rings. The molecule has 1 aromatic carbocycles. The van der Waals surface area contributed by atoms with E-state index in [1.54, 1.807) is 31.3 Å². The highest BCUT2D eigenvalue weighted by Crippen LogP contribution is 2.23. The Hall–Kier alpha value is -2.83. The van der Waals surface area contributed by atoms with Crippen LogP contribution in [0.5, 0.6) is 5.75 Å². The summed E-state index contributed by atoms with van der Waals surface area (Å²) in [6.45, 7) is 6.04. The number of aromatic nitrogens is 2. The maximum Gasteiger partial charge on any atom is 0.294 e. The summed E-state index contributed by atoms with van der Waals surface area (Å²) >= 11 is 0. The Labute approximate surface area is 140 Å². The Morgan fingerprint density at radius 3 is 2.79 bits per heavy atom. The van der Waals surface area contributed by atoms with Crippen molar-refractivity contribution in [2.45, 2.75) is 26.8 Å². The smallest absolute Gasteiger partial charge is 0.294 e. The van der Waals surface area contributed by atoms with Crippen molar-refractivity contribution in [2.75, 3.05) is 11.9 Å². The second kappa shape index (κ2) is 7.63. The van der Waals surface area contributed by atoms with Crippen LogP contribution in [-0.2, 0) is 7.05 Å². The van der Waals surface area contributed by atoms with Crippen LogP contribution >= 0.6 is 0 Å². The monoisotopic (exact) mass is 330 g/mol. The fourth-order valence-electron chi connectivity index (χ4n) is 2.13. The number of hydrogen-bond donors (Lipinski definition) is 2. The number of hydrogen-bond acceptors (Lipinski definition) is 5. The number of nitrogens with zero attached hydrogens (tertiary/aromatic N) is 2. The van der Waals surface area contributed by atoms with E-state index in [1.165, 1.54) is 10.9 Å². The maximum absolute atomic E-state index is 12.3. The predicted molar refractivity (Wildman–Crippen MR) is 93.0 cm³/mol. The number of anilines is 2. The van der Waals surface area contributed by atoms with Gasteiger partial charge in [-0.2, -0.15) is 5.10 Å². The van der Waals surface area contributed by atoms with Crippen LogP contribution in [0.4, 0.5) is 11.4 Å². The molecule has 1 amide bonds. The summed E-state index contributed by atoms with van der Waals surface area (Å²) in [5.74, 6) is 0.207. The zero-order chi connectivity index (χ0) is 17.7. The maximum atomic E-state index is 12.3. The average molecular weight is 330 g/mol. The van der Waals surface area contributed by atoms with Crippen LogP contribution in [0.15, 0.2) is 35.3 Å². The van der Waals surface area contributed by atoms with Gasteiger partial charge >= 0.3 is 0 Å². The number of carbonyl (C=O) groups is 1. The van der Waals surface area contributed by atoms with Gasteiger partial charge in [0.1, 0.15) is 0 Å². The molecule has 0 aliphatic heterocycles. The van der Waals surface area contributed by atoms with Crippen LogP contribution in [0.3, 0.4) is 0 Å². The minimum absolute atomic E-state index is 0.0474. The Bertz CT molecular complexity index is 784. The third-order valence-corrected chi connectivity index (χ3v) is 3.22. The molecule has 0 aliphatic carbocycles. The number of aryl methyl sites for hydroxylation is 1. The second-order valence-corrected chi connectivity index (χ2v) is 5.58. The van der Waals surface area contributed by atoms with E-state index in [9.17, 15) is 9.59 Å². The quantitative estimate of drug-likeness (QED) is 0.847. The van der Waals surface area contributed by atoms with E-state index in [2.05, 4.69) is 15.7 Å². The third kappa shape index (κ3) is 4.13. The van der Waals surface area contributed by atoms with Crippen molar-refractivity contribution < 1.29 is 9.53 Å². The van der Waals surface area contributed by atoms with E-state index in [0.717, 1.165) is 0 Å². The summed E-state index contributed by atoms with van der Waals surface area (Å²) in [6, 6.07) is 6.99. The van der Waals surface area contributed by atoms with Crippen LogP contribution < -0.4 is 20.9 Å². The molecule has 0 spiro atoms. The number of nitrogens with one attached hydrogen (secondary N) is 2. The van der Waals surface area contributed by atoms with Crippen molar-refractivity contribution in [3.05, 3.63) is 46.4 Å². The molecule has 2 rings (SSSR count). The minimum Gasteiger partial charge on any atom is -0.490 e. The van der Waals surface area contributed by atoms with Crippen molar-refractivity contribution >= 4 is 17.3 Å². The highest BCUT2D eigenvalue weighted by molar-refractivity contribution is 5.95. The Morgan fingerprint density at radius 2 is 2.12 bits per heavy atom. The summed E-state index contributed by atoms with van der Waals surface area (Å²) in [5.41, 5.74) is 1.11. The number of rotatable bonds is 6. The van der Waals surface area contributed by atoms with Gasteiger partial charge in [0.2, 0.25) is 0 Å². The zero-order valence-electron chi connectivity index (χ0n) is 14.3. The third-order valence-electron chi connectivity index (χ3n) is 3.22. The van der Waals surface area contributed by atoms with Gasteiger partial charge in [-0.1, -0.05) is 6.07 Å². The van der Waals surface area contributed by atoms with Crippen molar-refractivity contribution in [3.8, 4) is 5.75 Å². The molecule has 7 heteroatoms. The fourth-order valence-corrected chi connectivity index (χ4v) is 2.13.